The van der Waals surface area contributed by atoms with E-state index in [1.54, 1.807) is 16.7 Å². The van der Waals surface area contributed by atoms with Crippen LogP contribution in [0.5, 0.6) is 0 Å². The molecule has 1 aromatic heterocycles. The van der Waals surface area contributed by atoms with E-state index in [2.05, 4.69) is 20.9 Å². The lowest BCUT2D eigenvalue weighted by Crippen LogP contribution is -2.44. The van der Waals surface area contributed by atoms with Crippen molar-refractivity contribution in [2.24, 2.45) is 0 Å². The fourth-order valence-electron chi connectivity index (χ4n) is 2.08. The Kier molecular flexibility index (Phi) is 4.81. The number of anilines is 1. The molecule has 0 aromatic carbocycles. The fourth-order valence-corrected chi connectivity index (χ4v) is 3.46. The molecule has 1 fully saturated rings. The number of hydrogen-bond acceptors (Lipinski definition) is 6. The number of hydrogen-bond donors (Lipinski definition) is 1. The molecule has 0 radical (unpaired) electrons. The normalized spacial score (nSPS) is 18.9. The zero-order valence-corrected chi connectivity index (χ0v) is 12.8. The Hall–Kier alpha value is -1.35. The third-order valence-corrected chi connectivity index (χ3v) is 4.45. The van der Waals surface area contributed by atoms with Gasteiger partial charge in [0.05, 0.1) is 17.4 Å². The van der Waals surface area contributed by atoms with Crippen LogP contribution in [-0.4, -0.2) is 45.1 Å². The monoisotopic (exact) mass is 361 g/mol. The third kappa shape index (κ3) is 3.40. The molecule has 2 rings (SSSR count). The summed E-state index contributed by atoms with van der Waals surface area (Å²) in [5.74, 6) is 0.749. The molecular weight excluding hydrogens is 350 g/mol. The molecule has 1 aliphatic heterocycles. The van der Waals surface area contributed by atoms with E-state index in [1.807, 2.05) is 0 Å². The minimum absolute atomic E-state index is 0.0537. The summed E-state index contributed by atoms with van der Waals surface area (Å²) in [6, 6.07) is 1.11. The summed E-state index contributed by atoms with van der Waals surface area (Å²) >= 11 is 4.81. The van der Waals surface area contributed by atoms with Gasteiger partial charge in [-0.25, -0.2) is 4.98 Å². The number of rotatable bonds is 4. The Balaban J connectivity index is 2.36. The van der Waals surface area contributed by atoms with Crippen molar-refractivity contribution in [3.05, 3.63) is 26.9 Å². The van der Waals surface area contributed by atoms with E-state index in [1.165, 1.54) is 12.3 Å². The van der Waals surface area contributed by atoms with Crippen molar-refractivity contribution in [3.8, 4) is 0 Å². The zero-order chi connectivity index (χ0) is 14.7. The standard InChI is InChI=1S/C11H12BrN3O4S/c12-7-3-9(15(18)19)11(13-5-7)14-1-2-20-6-8(14)4-10(16)17/h3,5,8H,1-2,4,6H2,(H,16,17). The highest BCUT2D eigenvalue weighted by Crippen LogP contribution is 2.33. The van der Waals surface area contributed by atoms with Crippen molar-refractivity contribution in [3.63, 3.8) is 0 Å². The highest BCUT2D eigenvalue weighted by Gasteiger charge is 2.31. The highest BCUT2D eigenvalue weighted by atomic mass is 79.9. The summed E-state index contributed by atoms with van der Waals surface area (Å²) in [7, 11) is 0. The summed E-state index contributed by atoms with van der Waals surface area (Å²) in [5, 5.41) is 20.1. The smallest absolute Gasteiger partial charge is 0.312 e. The molecule has 1 aliphatic rings. The van der Waals surface area contributed by atoms with Crippen molar-refractivity contribution >= 4 is 45.2 Å². The minimum Gasteiger partial charge on any atom is -0.481 e. The van der Waals surface area contributed by atoms with Crippen molar-refractivity contribution in [1.29, 1.82) is 0 Å². The average Bonchev–Trinajstić information content (AvgIpc) is 2.39. The maximum absolute atomic E-state index is 11.1. The van der Waals surface area contributed by atoms with E-state index >= 15 is 0 Å². The van der Waals surface area contributed by atoms with Crippen LogP contribution in [0.15, 0.2) is 16.7 Å². The largest absolute Gasteiger partial charge is 0.481 e. The van der Waals surface area contributed by atoms with Gasteiger partial charge in [0.15, 0.2) is 0 Å². The molecule has 2 heterocycles. The molecule has 0 aliphatic carbocycles. The summed E-state index contributed by atoms with van der Waals surface area (Å²) < 4.78 is 0.522. The minimum atomic E-state index is -0.915. The Morgan fingerprint density at radius 1 is 1.70 bits per heavy atom. The SMILES string of the molecule is O=C(O)CC1CSCCN1c1ncc(Br)cc1[N+](=O)[O-]. The van der Waals surface area contributed by atoms with Crippen LogP contribution in [0.1, 0.15) is 6.42 Å². The van der Waals surface area contributed by atoms with Crippen LogP contribution in [0.2, 0.25) is 0 Å². The Labute approximate surface area is 127 Å². The maximum atomic E-state index is 11.1. The van der Waals surface area contributed by atoms with Gasteiger partial charge in [-0.1, -0.05) is 0 Å². The summed E-state index contributed by atoms with van der Waals surface area (Å²) in [4.78, 5) is 27.4. The van der Waals surface area contributed by atoms with E-state index in [9.17, 15) is 14.9 Å². The average molecular weight is 362 g/mol. The van der Waals surface area contributed by atoms with Gasteiger partial charge in [0.25, 0.3) is 0 Å². The van der Waals surface area contributed by atoms with Crippen LogP contribution in [-0.2, 0) is 4.79 Å². The fraction of sp³-hybridized carbons (Fsp3) is 0.455. The molecule has 0 spiro atoms. The summed E-state index contributed by atoms with van der Waals surface area (Å²) in [6.07, 6.45) is 1.43. The molecule has 1 N–H and O–H groups in total. The molecule has 1 aromatic rings. The van der Waals surface area contributed by atoms with Crippen molar-refractivity contribution in [1.82, 2.24) is 4.98 Å². The van der Waals surface area contributed by atoms with E-state index in [-0.39, 0.29) is 24.0 Å². The lowest BCUT2D eigenvalue weighted by atomic mass is 10.2. The second-order valence-electron chi connectivity index (χ2n) is 4.27. The topological polar surface area (TPSA) is 96.6 Å². The van der Waals surface area contributed by atoms with Crippen LogP contribution < -0.4 is 4.90 Å². The third-order valence-electron chi connectivity index (χ3n) is 2.92. The molecule has 108 valence electrons. The molecule has 1 saturated heterocycles. The lowest BCUT2D eigenvalue weighted by molar-refractivity contribution is -0.384. The first-order valence-electron chi connectivity index (χ1n) is 5.85. The lowest BCUT2D eigenvalue weighted by Gasteiger charge is -2.35. The molecule has 1 atom stereocenters. The van der Waals surface area contributed by atoms with Gasteiger partial charge in [-0.05, 0) is 15.9 Å². The highest BCUT2D eigenvalue weighted by molar-refractivity contribution is 9.10. The molecule has 9 heteroatoms. The first-order chi connectivity index (χ1) is 9.49. The first kappa shape index (κ1) is 15.0. The number of pyridine rings is 1. The number of nitrogens with zero attached hydrogens (tertiary/aromatic N) is 3. The molecular formula is C11H12BrN3O4S. The van der Waals surface area contributed by atoms with Crippen LogP contribution >= 0.6 is 27.7 Å². The van der Waals surface area contributed by atoms with Crippen molar-refractivity contribution < 1.29 is 14.8 Å². The van der Waals surface area contributed by atoms with E-state index < -0.39 is 10.9 Å². The van der Waals surface area contributed by atoms with Crippen LogP contribution in [0.4, 0.5) is 11.5 Å². The van der Waals surface area contributed by atoms with Gasteiger partial charge in [-0.3, -0.25) is 14.9 Å². The Morgan fingerprint density at radius 2 is 2.45 bits per heavy atom. The van der Waals surface area contributed by atoms with Crippen LogP contribution in [0, 0.1) is 10.1 Å². The predicted octanol–water partition coefficient (Wildman–Crippen LogP) is 2.15. The van der Waals surface area contributed by atoms with Crippen molar-refractivity contribution in [2.45, 2.75) is 12.5 Å². The second kappa shape index (κ2) is 6.40. The van der Waals surface area contributed by atoms with Gasteiger partial charge in [-0.2, -0.15) is 11.8 Å². The Morgan fingerprint density at radius 3 is 3.10 bits per heavy atom. The van der Waals surface area contributed by atoms with E-state index in [0.29, 0.717) is 16.8 Å². The zero-order valence-electron chi connectivity index (χ0n) is 10.4. The van der Waals surface area contributed by atoms with Crippen LogP contribution in [0.3, 0.4) is 0 Å². The summed E-state index contributed by atoms with van der Waals surface area (Å²) in [5.41, 5.74) is -0.110. The van der Waals surface area contributed by atoms with E-state index in [0.717, 1.165) is 5.75 Å². The molecule has 0 saturated carbocycles. The molecule has 0 amide bonds. The van der Waals surface area contributed by atoms with Crippen LogP contribution in [0.25, 0.3) is 0 Å². The van der Waals surface area contributed by atoms with Gasteiger partial charge in [-0.15, -0.1) is 0 Å². The van der Waals surface area contributed by atoms with Crippen molar-refractivity contribution in [2.75, 3.05) is 23.0 Å². The molecule has 0 bridgehead atoms. The number of carbonyl (C=O) groups is 1. The maximum Gasteiger partial charge on any atom is 0.312 e. The number of aliphatic carboxylic acids is 1. The van der Waals surface area contributed by atoms with Gasteiger partial charge in [0, 0.05) is 34.8 Å². The van der Waals surface area contributed by atoms with Gasteiger partial charge >= 0.3 is 11.7 Å². The number of carboxylic acid groups (broad SMARTS) is 1. The Bertz CT molecular complexity index is 542. The number of halogens is 1. The number of nitro groups is 1. The molecule has 20 heavy (non-hydrogen) atoms. The second-order valence-corrected chi connectivity index (χ2v) is 6.34. The number of carboxylic acids is 1. The first-order valence-corrected chi connectivity index (χ1v) is 7.80. The summed E-state index contributed by atoms with van der Waals surface area (Å²) in [6.45, 7) is 0.554. The predicted molar refractivity (Wildman–Crippen MR) is 79.3 cm³/mol. The number of aromatic nitrogens is 1. The van der Waals surface area contributed by atoms with Gasteiger partial charge in [0.1, 0.15) is 0 Å². The molecule has 7 nitrogen and oxygen atoms in total. The van der Waals surface area contributed by atoms with Gasteiger partial charge in [0.2, 0.25) is 5.82 Å². The van der Waals surface area contributed by atoms with Gasteiger partial charge < -0.3 is 10.0 Å². The van der Waals surface area contributed by atoms with E-state index in [4.69, 9.17) is 5.11 Å². The number of thioether (sulfide) groups is 1. The molecule has 1 unspecified atom stereocenters. The quantitative estimate of drug-likeness (QED) is 0.647.